The van der Waals surface area contributed by atoms with Crippen molar-refractivity contribution in [2.45, 2.75) is 50.2 Å². The number of amides is 2. The number of aromatic nitrogens is 1. The van der Waals surface area contributed by atoms with Gasteiger partial charge in [-0.05, 0) is 42.2 Å². The van der Waals surface area contributed by atoms with E-state index in [-0.39, 0.29) is 11.8 Å². The maximum Gasteiger partial charge on any atom is 0.254 e. The minimum absolute atomic E-state index is 0.0279. The van der Waals surface area contributed by atoms with Crippen molar-refractivity contribution in [1.82, 2.24) is 15.2 Å². The first kappa shape index (κ1) is 20.4. The van der Waals surface area contributed by atoms with E-state index in [2.05, 4.69) is 10.3 Å². The number of carbonyl (C=O) groups is 2. The summed E-state index contributed by atoms with van der Waals surface area (Å²) >= 11 is 0. The van der Waals surface area contributed by atoms with Gasteiger partial charge in [0.05, 0.1) is 23.7 Å². The molecule has 1 spiro atoms. The summed E-state index contributed by atoms with van der Waals surface area (Å²) < 4.78 is 0. The normalized spacial score (nSPS) is 19.1. The van der Waals surface area contributed by atoms with Crippen molar-refractivity contribution in [3.05, 3.63) is 101 Å². The Morgan fingerprint density at radius 3 is 2.44 bits per heavy atom. The topological polar surface area (TPSA) is 62.3 Å². The fraction of sp³-hybridized carbons (Fsp3) is 0.296. The van der Waals surface area contributed by atoms with Gasteiger partial charge in [-0.3, -0.25) is 14.6 Å². The molecule has 0 saturated heterocycles. The highest BCUT2D eigenvalue weighted by atomic mass is 16.2. The molecular weight excluding hydrogens is 398 g/mol. The zero-order valence-electron chi connectivity index (χ0n) is 18.0. The number of pyridine rings is 1. The van der Waals surface area contributed by atoms with E-state index >= 15 is 0 Å². The molecule has 1 aliphatic heterocycles. The van der Waals surface area contributed by atoms with Crippen LogP contribution in [0.25, 0.3) is 0 Å². The predicted molar refractivity (Wildman–Crippen MR) is 123 cm³/mol. The minimum atomic E-state index is -0.504. The molecule has 5 rings (SSSR count). The fourth-order valence-electron chi connectivity index (χ4n) is 5.45. The first-order valence-corrected chi connectivity index (χ1v) is 11.3. The maximum atomic E-state index is 13.7. The van der Waals surface area contributed by atoms with Gasteiger partial charge in [-0.2, -0.15) is 0 Å². The summed E-state index contributed by atoms with van der Waals surface area (Å²) in [6.45, 7) is 0.888. The third-order valence-corrected chi connectivity index (χ3v) is 6.91. The molecule has 1 aliphatic carbocycles. The number of hydrogen-bond acceptors (Lipinski definition) is 3. The van der Waals surface area contributed by atoms with Crippen LogP contribution >= 0.6 is 0 Å². The molecule has 0 radical (unpaired) electrons. The molecular formula is C27H27N3O2. The molecule has 2 aromatic carbocycles. The van der Waals surface area contributed by atoms with Gasteiger partial charge in [-0.1, -0.05) is 67.4 Å². The van der Waals surface area contributed by atoms with Crippen LogP contribution in [0.1, 0.15) is 58.8 Å². The SMILES string of the molecule is O=C(NCc1ccccn1)[C@H]1c2ccccc2C(=O)N(Cc2ccccc2)C12CCCC2. The number of benzene rings is 2. The quantitative estimate of drug-likeness (QED) is 0.657. The second-order valence-electron chi connectivity index (χ2n) is 8.75. The molecule has 0 unspecified atom stereocenters. The van der Waals surface area contributed by atoms with E-state index in [0.717, 1.165) is 42.5 Å². The van der Waals surface area contributed by atoms with Gasteiger partial charge in [0.1, 0.15) is 0 Å². The Hall–Kier alpha value is -3.47. The molecule has 5 heteroatoms. The van der Waals surface area contributed by atoms with Crippen molar-refractivity contribution in [3.8, 4) is 0 Å². The summed E-state index contributed by atoms with van der Waals surface area (Å²) in [6, 6.07) is 23.4. The largest absolute Gasteiger partial charge is 0.350 e. The molecule has 162 valence electrons. The van der Waals surface area contributed by atoms with Crippen LogP contribution in [0.3, 0.4) is 0 Å². The molecule has 5 nitrogen and oxygen atoms in total. The average Bonchev–Trinajstić information content (AvgIpc) is 3.32. The van der Waals surface area contributed by atoms with E-state index < -0.39 is 11.5 Å². The molecule has 2 aliphatic rings. The zero-order valence-corrected chi connectivity index (χ0v) is 18.0. The van der Waals surface area contributed by atoms with Crippen LogP contribution in [-0.4, -0.2) is 27.2 Å². The molecule has 1 saturated carbocycles. The Labute approximate surface area is 188 Å². The zero-order chi connectivity index (χ0) is 22.0. The number of nitrogens with one attached hydrogen (secondary N) is 1. The summed E-state index contributed by atoms with van der Waals surface area (Å²) in [5, 5.41) is 3.12. The lowest BCUT2D eigenvalue weighted by Gasteiger charge is -2.50. The van der Waals surface area contributed by atoms with E-state index in [4.69, 9.17) is 0 Å². The van der Waals surface area contributed by atoms with Crippen LogP contribution < -0.4 is 5.32 Å². The summed E-state index contributed by atoms with van der Waals surface area (Å²) in [5.41, 5.74) is 2.89. The van der Waals surface area contributed by atoms with Crippen LogP contribution in [0, 0.1) is 0 Å². The minimum Gasteiger partial charge on any atom is -0.350 e. The molecule has 1 aromatic heterocycles. The second-order valence-corrected chi connectivity index (χ2v) is 8.75. The average molecular weight is 426 g/mol. The summed E-state index contributed by atoms with van der Waals surface area (Å²) in [7, 11) is 0. The smallest absolute Gasteiger partial charge is 0.254 e. The summed E-state index contributed by atoms with van der Waals surface area (Å²) in [6.07, 6.45) is 5.44. The van der Waals surface area contributed by atoms with Crippen LogP contribution in [0.15, 0.2) is 79.0 Å². The Bertz CT molecular complexity index is 1110. The Morgan fingerprint density at radius 1 is 0.969 bits per heavy atom. The molecule has 1 N–H and O–H groups in total. The maximum absolute atomic E-state index is 13.7. The lowest BCUT2D eigenvalue weighted by atomic mass is 9.71. The van der Waals surface area contributed by atoms with Gasteiger partial charge >= 0.3 is 0 Å². The van der Waals surface area contributed by atoms with Crippen LogP contribution in [0.5, 0.6) is 0 Å². The molecule has 32 heavy (non-hydrogen) atoms. The fourth-order valence-corrected chi connectivity index (χ4v) is 5.45. The van der Waals surface area contributed by atoms with Crippen LogP contribution in [-0.2, 0) is 17.9 Å². The van der Waals surface area contributed by atoms with Gasteiger partial charge in [0.2, 0.25) is 5.91 Å². The predicted octanol–water partition coefficient (Wildman–Crippen LogP) is 4.45. The van der Waals surface area contributed by atoms with E-state index in [1.54, 1.807) is 6.20 Å². The van der Waals surface area contributed by atoms with Gasteiger partial charge in [0.15, 0.2) is 0 Å². The van der Waals surface area contributed by atoms with Crippen molar-refractivity contribution < 1.29 is 9.59 Å². The number of fused-ring (bicyclic) bond motifs is 1. The highest BCUT2D eigenvalue weighted by Gasteiger charge is 2.55. The molecule has 1 fully saturated rings. The molecule has 0 bridgehead atoms. The highest BCUT2D eigenvalue weighted by molar-refractivity contribution is 6.02. The van der Waals surface area contributed by atoms with Crippen molar-refractivity contribution >= 4 is 11.8 Å². The molecule has 2 heterocycles. The molecule has 1 atom stereocenters. The lowest BCUT2D eigenvalue weighted by molar-refractivity contribution is -0.126. The first-order chi connectivity index (χ1) is 15.7. The Balaban J connectivity index is 1.54. The molecule has 3 aromatic rings. The van der Waals surface area contributed by atoms with Crippen molar-refractivity contribution in [3.63, 3.8) is 0 Å². The Morgan fingerprint density at radius 2 is 1.69 bits per heavy atom. The van der Waals surface area contributed by atoms with Crippen molar-refractivity contribution in [2.24, 2.45) is 0 Å². The summed E-state index contributed by atoms with van der Waals surface area (Å²) in [4.78, 5) is 33.8. The monoisotopic (exact) mass is 425 g/mol. The second kappa shape index (κ2) is 8.58. The van der Waals surface area contributed by atoms with Gasteiger partial charge in [0, 0.05) is 18.3 Å². The third kappa shape index (κ3) is 3.58. The third-order valence-electron chi connectivity index (χ3n) is 6.91. The first-order valence-electron chi connectivity index (χ1n) is 11.3. The van der Waals surface area contributed by atoms with Crippen molar-refractivity contribution in [1.29, 1.82) is 0 Å². The standard InChI is InChI=1S/C27H27N3O2/c31-25(29-18-21-12-6-9-17-28-21)24-22-13-4-5-14-23(22)26(32)30(27(24)15-7-8-16-27)19-20-10-2-1-3-11-20/h1-6,9-14,17,24H,7-8,15-16,18-19H2,(H,29,31)/t24-/m1/s1. The van der Waals surface area contributed by atoms with Gasteiger partial charge in [-0.25, -0.2) is 0 Å². The Kier molecular flexibility index (Phi) is 5.48. The van der Waals surface area contributed by atoms with Gasteiger partial charge < -0.3 is 10.2 Å². The van der Waals surface area contributed by atoms with Gasteiger partial charge in [0.25, 0.3) is 5.91 Å². The van der Waals surface area contributed by atoms with E-state index in [9.17, 15) is 9.59 Å². The van der Waals surface area contributed by atoms with E-state index in [0.29, 0.717) is 18.7 Å². The number of hydrogen-bond donors (Lipinski definition) is 1. The van der Waals surface area contributed by atoms with Gasteiger partial charge in [-0.15, -0.1) is 0 Å². The summed E-state index contributed by atoms with van der Waals surface area (Å²) in [5.74, 6) is -0.401. The highest BCUT2D eigenvalue weighted by Crippen LogP contribution is 2.50. The van der Waals surface area contributed by atoms with Crippen molar-refractivity contribution in [2.75, 3.05) is 0 Å². The van der Waals surface area contributed by atoms with E-state index in [1.165, 1.54) is 0 Å². The van der Waals surface area contributed by atoms with E-state index in [1.807, 2.05) is 77.7 Å². The number of rotatable bonds is 5. The number of carbonyl (C=O) groups excluding carboxylic acids is 2. The van der Waals surface area contributed by atoms with Crippen LogP contribution in [0.4, 0.5) is 0 Å². The van der Waals surface area contributed by atoms with Crippen LogP contribution in [0.2, 0.25) is 0 Å². The molecule has 2 amide bonds. The number of nitrogens with zero attached hydrogens (tertiary/aromatic N) is 2. The lowest BCUT2D eigenvalue weighted by Crippen LogP contribution is -2.60.